The first-order chi connectivity index (χ1) is 20.0. The number of rotatable bonds is 23. The highest BCUT2D eigenvalue weighted by atomic mass is 28.4. The third-order valence-electron chi connectivity index (χ3n) is 6.17. The summed E-state index contributed by atoms with van der Waals surface area (Å²) in [5.74, 6) is -0.375. The predicted octanol–water partition coefficient (Wildman–Crippen LogP) is 2.26. The SMILES string of the molecule is C=C(C)C(=O)OCCC[Si](OC)(OC)OC.CO[Si](CCCN)(OC)OC.CO[Si](CCCOCC1CO1)(OC)OC. The molecule has 42 heavy (non-hydrogen) atoms. The predicted molar refractivity (Wildman–Crippen MR) is 164 cm³/mol. The molecule has 1 aliphatic heterocycles. The fourth-order valence-corrected chi connectivity index (χ4v) is 8.46. The molecule has 0 saturated carbocycles. The lowest BCUT2D eigenvalue weighted by Crippen LogP contribution is -2.42. The normalized spacial score (nSPS) is 14.8. The molecule has 1 unspecified atom stereocenters. The standard InChI is InChI=1S/C10H20O5Si.C9H20O5Si.C6H17NO3Si/c1-9(2)10(11)15-7-6-8-16(12-3,13-4)14-5;1-10-15(11-2,12-3)6-4-5-13-7-9-8-14-9;1-8-11(9-2,10-3)6-4-5-7/h1,6-8H2,2-5H3;9H,4-8H2,1-3H3;4-7H2,1-3H3. The van der Waals surface area contributed by atoms with Crippen molar-refractivity contribution in [2.24, 2.45) is 5.73 Å². The van der Waals surface area contributed by atoms with Crippen LogP contribution in [-0.2, 0) is 58.8 Å². The van der Waals surface area contributed by atoms with Gasteiger partial charge in [-0.15, -0.1) is 0 Å². The van der Waals surface area contributed by atoms with Crippen LogP contribution in [0.15, 0.2) is 12.2 Å². The summed E-state index contributed by atoms with van der Waals surface area (Å²) in [6.07, 6.45) is 2.73. The van der Waals surface area contributed by atoms with E-state index in [-0.39, 0.29) is 5.97 Å². The van der Waals surface area contributed by atoms with Crippen LogP contribution < -0.4 is 5.73 Å². The van der Waals surface area contributed by atoms with Gasteiger partial charge >= 0.3 is 32.4 Å². The zero-order chi connectivity index (χ0) is 32.5. The molecule has 1 aliphatic rings. The van der Waals surface area contributed by atoms with Crippen molar-refractivity contribution >= 4 is 32.4 Å². The second-order valence-corrected chi connectivity index (χ2v) is 18.2. The lowest BCUT2D eigenvalue weighted by atomic mass is 10.4. The minimum absolute atomic E-state index is 0.316. The smallest absolute Gasteiger partial charge is 0.462 e. The van der Waals surface area contributed by atoms with Crippen LogP contribution in [0.1, 0.15) is 26.2 Å². The molecule has 14 nitrogen and oxygen atoms in total. The van der Waals surface area contributed by atoms with Gasteiger partial charge in [-0.25, -0.2) is 4.79 Å². The fourth-order valence-electron chi connectivity index (χ4n) is 3.33. The van der Waals surface area contributed by atoms with E-state index in [0.29, 0.717) is 50.5 Å². The summed E-state index contributed by atoms with van der Waals surface area (Å²) in [4.78, 5) is 11.1. The molecule has 2 N–H and O–H groups in total. The van der Waals surface area contributed by atoms with Crippen LogP contribution in [0.5, 0.6) is 0 Å². The van der Waals surface area contributed by atoms with Crippen LogP contribution in [0, 0.1) is 0 Å². The van der Waals surface area contributed by atoms with Crippen LogP contribution in [-0.4, -0.2) is 135 Å². The summed E-state index contributed by atoms with van der Waals surface area (Å²) >= 11 is 0. The molecule has 1 atom stereocenters. The van der Waals surface area contributed by atoms with Crippen molar-refractivity contribution in [3.63, 3.8) is 0 Å². The van der Waals surface area contributed by atoms with Crippen LogP contribution in [0.2, 0.25) is 18.1 Å². The summed E-state index contributed by atoms with van der Waals surface area (Å²) < 4.78 is 62.5. The van der Waals surface area contributed by atoms with Crippen LogP contribution in [0.4, 0.5) is 0 Å². The number of carbonyl (C=O) groups excluding carboxylic acids is 1. The zero-order valence-electron chi connectivity index (χ0n) is 27.4. The van der Waals surface area contributed by atoms with Gasteiger partial charge < -0.3 is 59.8 Å². The second-order valence-electron chi connectivity index (χ2n) is 8.93. The summed E-state index contributed by atoms with van der Waals surface area (Å²) in [5, 5.41) is 0. The first-order valence-corrected chi connectivity index (χ1v) is 19.5. The van der Waals surface area contributed by atoms with Gasteiger partial charge in [0, 0.05) is 94.3 Å². The molecule has 0 aromatic carbocycles. The summed E-state index contributed by atoms with van der Waals surface area (Å²) in [6.45, 7) is 8.30. The first kappa shape index (κ1) is 43.5. The monoisotopic (exact) mass is 663 g/mol. The van der Waals surface area contributed by atoms with E-state index in [1.165, 1.54) is 0 Å². The van der Waals surface area contributed by atoms with Crippen molar-refractivity contribution in [2.75, 3.05) is 97.0 Å². The Morgan fingerprint density at radius 1 is 0.714 bits per heavy atom. The van der Waals surface area contributed by atoms with Gasteiger partial charge in [0.2, 0.25) is 0 Å². The number of carbonyl (C=O) groups is 1. The molecule has 1 fully saturated rings. The quantitative estimate of drug-likeness (QED) is 0.0558. The van der Waals surface area contributed by atoms with Crippen molar-refractivity contribution in [3.05, 3.63) is 12.2 Å². The van der Waals surface area contributed by atoms with Crippen molar-refractivity contribution in [3.8, 4) is 0 Å². The van der Waals surface area contributed by atoms with Crippen molar-refractivity contribution < 1.29 is 58.8 Å². The molecule has 1 rings (SSSR count). The Bertz CT molecular complexity index is 653. The Morgan fingerprint density at radius 3 is 1.38 bits per heavy atom. The highest BCUT2D eigenvalue weighted by Crippen LogP contribution is 2.17. The van der Waals surface area contributed by atoms with Crippen molar-refractivity contribution in [1.29, 1.82) is 0 Å². The first-order valence-electron chi connectivity index (χ1n) is 13.7. The van der Waals surface area contributed by atoms with Gasteiger partial charge in [-0.2, -0.15) is 0 Å². The van der Waals surface area contributed by atoms with Gasteiger partial charge in [0.25, 0.3) is 0 Å². The van der Waals surface area contributed by atoms with E-state index in [1.807, 2.05) is 0 Å². The number of hydrogen-bond donors (Lipinski definition) is 1. The lowest BCUT2D eigenvalue weighted by Gasteiger charge is -2.24. The summed E-state index contributed by atoms with van der Waals surface area (Å²) in [7, 11) is 7.12. The van der Waals surface area contributed by atoms with E-state index < -0.39 is 26.4 Å². The Labute approximate surface area is 256 Å². The molecule has 0 amide bonds. The number of esters is 1. The maximum Gasteiger partial charge on any atom is 0.500 e. The van der Waals surface area contributed by atoms with E-state index >= 15 is 0 Å². The Morgan fingerprint density at radius 2 is 1.07 bits per heavy atom. The lowest BCUT2D eigenvalue weighted by molar-refractivity contribution is -0.139. The molecule has 1 saturated heterocycles. The maximum absolute atomic E-state index is 11.1. The van der Waals surface area contributed by atoms with Crippen molar-refractivity contribution in [1.82, 2.24) is 0 Å². The third kappa shape index (κ3) is 18.9. The Kier molecular flexibility index (Phi) is 26.6. The fraction of sp³-hybridized carbons (Fsp3) is 0.880. The van der Waals surface area contributed by atoms with E-state index in [4.69, 9.17) is 59.8 Å². The van der Waals surface area contributed by atoms with E-state index in [2.05, 4.69) is 6.58 Å². The highest BCUT2D eigenvalue weighted by molar-refractivity contribution is 6.61. The molecule has 0 aromatic heterocycles. The molecular weight excluding hydrogens is 607 g/mol. The number of nitrogens with two attached hydrogens (primary N) is 1. The molecular formula is C25H57NO13Si3. The number of hydrogen-bond acceptors (Lipinski definition) is 14. The molecule has 17 heteroatoms. The van der Waals surface area contributed by atoms with Crippen LogP contribution in [0.25, 0.3) is 0 Å². The van der Waals surface area contributed by atoms with Crippen LogP contribution in [0.3, 0.4) is 0 Å². The van der Waals surface area contributed by atoms with Crippen molar-refractivity contribution in [2.45, 2.75) is 50.4 Å². The Hall–Kier alpha value is -0.619. The number of epoxide rings is 1. The molecule has 0 radical (unpaired) electrons. The zero-order valence-corrected chi connectivity index (χ0v) is 30.4. The summed E-state index contributed by atoms with van der Waals surface area (Å²) in [6, 6.07) is 2.18. The van der Waals surface area contributed by atoms with E-state index in [9.17, 15) is 4.79 Å². The average Bonchev–Trinajstić information content (AvgIpc) is 3.86. The molecule has 0 spiro atoms. The summed E-state index contributed by atoms with van der Waals surface area (Å²) in [5.41, 5.74) is 5.75. The minimum Gasteiger partial charge on any atom is -0.462 e. The van der Waals surface area contributed by atoms with Gasteiger partial charge in [-0.3, -0.25) is 0 Å². The molecule has 0 aromatic rings. The van der Waals surface area contributed by atoms with Gasteiger partial charge in [-0.1, -0.05) is 6.58 Å². The molecule has 0 bridgehead atoms. The van der Waals surface area contributed by atoms with Gasteiger partial charge in [-0.05, 0) is 32.7 Å². The average molecular weight is 664 g/mol. The second kappa shape index (κ2) is 25.7. The highest BCUT2D eigenvalue weighted by Gasteiger charge is 2.38. The van der Waals surface area contributed by atoms with E-state index in [1.54, 1.807) is 70.9 Å². The van der Waals surface area contributed by atoms with Gasteiger partial charge in [0.15, 0.2) is 0 Å². The van der Waals surface area contributed by atoms with Crippen LogP contribution >= 0.6 is 0 Å². The maximum atomic E-state index is 11.1. The number of ether oxygens (including phenoxy) is 3. The largest absolute Gasteiger partial charge is 0.500 e. The molecule has 252 valence electrons. The Balaban J connectivity index is 0. The molecule has 1 heterocycles. The topological polar surface area (TPSA) is 157 Å². The van der Waals surface area contributed by atoms with E-state index in [0.717, 1.165) is 31.5 Å². The van der Waals surface area contributed by atoms with Gasteiger partial charge in [0.05, 0.1) is 19.8 Å². The third-order valence-corrected chi connectivity index (χ3v) is 14.7. The van der Waals surface area contributed by atoms with Gasteiger partial charge in [0.1, 0.15) is 6.10 Å². The minimum atomic E-state index is -2.53. The molecule has 0 aliphatic carbocycles.